The standard InChI is InChI=1S/C16H26ClN3/c1-12(2)19-6-8-20(9-7-19)16-5-4-15(17)11-14(16)10-13(3)18/h4-5,11-13H,6-10,18H2,1-3H3. The van der Waals surface area contributed by atoms with Gasteiger partial charge in [0.2, 0.25) is 0 Å². The second kappa shape index (κ2) is 6.79. The topological polar surface area (TPSA) is 32.5 Å². The van der Waals surface area contributed by atoms with Gasteiger partial charge in [-0.15, -0.1) is 0 Å². The molecule has 1 unspecified atom stereocenters. The molecule has 112 valence electrons. The van der Waals surface area contributed by atoms with Crippen molar-refractivity contribution in [3.8, 4) is 0 Å². The number of rotatable bonds is 4. The Bertz CT molecular complexity index is 437. The van der Waals surface area contributed by atoms with E-state index in [0.29, 0.717) is 6.04 Å². The van der Waals surface area contributed by atoms with E-state index in [4.69, 9.17) is 17.3 Å². The fourth-order valence-electron chi connectivity index (χ4n) is 2.85. The molecule has 2 N–H and O–H groups in total. The molecule has 1 aromatic carbocycles. The van der Waals surface area contributed by atoms with Crippen LogP contribution in [0.4, 0.5) is 5.69 Å². The first-order chi connectivity index (χ1) is 9.47. The Morgan fingerprint density at radius 1 is 1.15 bits per heavy atom. The van der Waals surface area contributed by atoms with E-state index in [0.717, 1.165) is 37.6 Å². The Morgan fingerprint density at radius 2 is 1.80 bits per heavy atom. The summed E-state index contributed by atoms with van der Waals surface area (Å²) in [5.41, 5.74) is 8.53. The van der Waals surface area contributed by atoms with Crippen LogP contribution < -0.4 is 10.6 Å². The second-order valence-corrected chi connectivity index (χ2v) is 6.51. The predicted molar refractivity (Wildman–Crippen MR) is 87.7 cm³/mol. The van der Waals surface area contributed by atoms with Gasteiger partial charge in [0.25, 0.3) is 0 Å². The van der Waals surface area contributed by atoms with Crippen molar-refractivity contribution in [2.24, 2.45) is 5.73 Å². The zero-order valence-corrected chi connectivity index (χ0v) is 13.5. The minimum absolute atomic E-state index is 0.157. The monoisotopic (exact) mass is 295 g/mol. The smallest absolute Gasteiger partial charge is 0.0410 e. The van der Waals surface area contributed by atoms with Gasteiger partial charge in [-0.05, 0) is 51.0 Å². The molecular weight excluding hydrogens is 270 g/mol. The van der Waals surface area contributed by atoms with Gasteiger partial charge in [-0.1, -0.05) is 11.6 Å². The predicted octanol–water partition coefficient (Wildman–Crippen LogP) is 2.76. The molecular formula is C16H26ClN3. The van der Waals surface area contributed by atoms with Gasteiger partial charge < -0.3 is 10.6 Å². The number of piperazine rings is 1. The summed E-state index contributed by atoms with van der Waals surface area (Å²) in [6.07, 6.45) is 0.875. The third-order valence-corrected chi connectivity index (χ3v) is 4.20. The Hall–Kier alpha value is -0.770. The Labute approximate surface area is 127 Å². The number of hydrogen-bond donors (Lipinski definition) is 1. The van der Waals surface area contributed by atoms with Gasteiger partial charge >= 0.3 is 0 Å². The zero-order chi connectivity index (χ0) is 14.7. The molecule has 1 aliphatic rings. The third kappa shape index (κ3) is 3.87. The molecule has 0 saturated carbocycles. The number of nitrogens with two attached hydrogens (primary N) is 1. The first kappa shape index (κ1) is 15.6. The molecule has 1 aromatic rings. The van der Waals surface area contributed by atoms with E-state index in [1.54, 1.807) is 0 Å². The van der Waals surface area contributed by atoms with E-state index in [1.807, 2.05) is 13.0 Å². The summed E-state index contributed by atoms with van der Waals surface area (Å²) < 4.78 is 0. The number of nitrogens with zero attached hydrogens (tertiary/aromatic N) is 2. The van der Waals surface area contributed by atoms with Crippen molar-refractivity contribution in [2.75, 3.05) is 31.1 Å². The van der Waals surface area contributed by atoms with Crippen LogP contribution >= 0.6 is 11.6 Å². The van der Waals surface area contributed by atoms with E-state index in [2.05, 4.69) is 35.8 Å². The van der Waals surface area contributed by atoms with Crippen molar-refractivity contribution in [1.29, 1.82) is 0 Å². The lowest BCUT2D eigenvalue weighted by Crippen LogP contribution is -2.49. The maximum absolute atomic E-state index is 6.14. The highest BCUT2D eigenvalue weighted by molar-refractivity contribution is 6.30. The van der Waals surface area contributed by atoms with Crippen LogP contribution in [0.15, 0.2) is 18.2 Å². The number of anilines is 1. The molecule has 20 heavy (non-hydrogen) atoms. The summed E-state index contributed by atoms with van der Waals surface area (Å²) in [5.74, 6) is 0. The number of hydrogen-bond acceptors (Lipinski definition) is 3. The van der Waals surface area contributed by atoms with Gasteiger partial charge in [-0.25, -0.2) is 0 Å². The van der Waals surface area contributed by atoms with Crippen LogP contribution in [0.5, 0.6) is 0 Å². The molecule has 1 fully saturated rings. The Balaban J connectivity index is 2.13. The van der Waals surface area contributed by atoms with E-state index in [-0.39, 0.29) is 6.04 Å². The Morgan fingerprint density at radius 3 is 2.35 bits per heavy atom. The fraction of sp³-hybridized carbons (Fsp3) is 0.625. The summed E-state index contributed by atoms with van der Waals surface area (Å²) in [6.45, 7) is 11.0. The molecule has 0 radical (unpaired) electrons. The molecule has 0 amide bonds. The molecule has 0 aliphatic carbocycles. The van der Waals surface area contributed by atoms with Gasteiger partial charge in [0.15, 0.2) is 0 Å². The van der Waals surface area contributed by atoms with Crippen molar-refractivity contribution in [1.82, 2.24) is 4.90 Å². The highest BCUT2D eigenvalue weighted by atomic mass is 35.5. The van der Waals surface area contributed by atoms with Crippen molar-refractivity contribution in [3.63, 3.8) is 0 Å². The molecule has 0 bridgehead atoms. The molecule has 2 rings (SSSR count). The molecule has 1 aliphatic heterocycles. The van der Waals surface area contributed by atoms with Gasteiger partial charge in [0, 0.05) is 49.0 Å². The van der Waals surface area contributed by atoms with Gasteiger partial charge in [0.1, 0.15) is 0 Å². The van der Waals surface area contributed by atoms with E-state index in [1.165, 1.54) is 11.3 Å². The van der Waals surface area contributed by atoms with Crippen LogP contribution in [0, 0.1) is 0 Å². The van der Waals surface area contributed by atoms with Crippen molar-refractivity contribution < 1.29 is 0 Å². The van der Waals surface area contributed by atoms with Crippen LogP contribution in [-0.2, 0) is 6.42 Å². The highest BCUT2D eigenvalue weighted by Gasteiger charge is 2.21. The van der Waals surface area contributed by atoms with Crippen LogP contribution in [0.25, 0.3) is 0 Å². The second-order valence-electron chi connectivity index (χ2n) is 6.07. The van der Waals surface area contributed by atoms with Crippen molar-refractivity contribution >= 4 is 17.3 Å². The SMILES string of the molecule is CC(N)Cc1cc(Cl)ccc1N1CCN(C(C)C)CC1. The first-order valence-corrected chi connectivity index (χ1v) is 7.88. The largest absolute Gasteiger partial charge is 0.369 e. The number of benzene rings is 1. The maximum atomic E-state index is 6.14. The number of halogens is 1. The van der Waals surface area contributed by atoms with E-state index < -0.39 is 0 Å². The Kier molecular flexibility index (Phi) is 5.30. The quantitative estimate of drug-likeness (QED) is 0.927. The normalized spacial score (nSPS) is 18.6. The van der Waals surface area contributed by atoms with Gasteiger partial charge in [-0.3, -0.25) is 4.90 Å². The lowest BCUT2D eigenvalue weighted by molar-refractivity contribution is 0.209. The first-order valence-electron chi connectivity index (χ1n) is 7.50. The van der Waals surface area contributed by atoms with Crippen LogP contribution in [0.3, 0.4) is 0 Å². The fourth-order valence-corrected chi connectivity index (χ4v) is 3.05. The minimum Gasteiger partial charge on any atom is -0.369 e. The van der Waals surface area contributed by atoms with Gasteiger partial charge in [-0.2, -0.15) is 0 Å². The minimum atomic E-state index is 0.157. The molecule has 3 nitrogen and oxygen atoms in total. The van der Waals surface area contributed by atoms with Crippen LogP contribution in [-0.4, -0.2) is 43.2 Å². The maximum Gasteiger partial charge on any atom is 0.0410 e. The molecule has 0 aromatic heterocycles. The lowest BCUT2D eigenvalue weighted by Gasteiger charge is -2.39. The average molecular weight is 296 g/mol. The average Bonchev–Trinajstić information content (AvgIpc) is 2.38. The molecule has 1 heterocycles. The van der Waals surface area contributed by atoms with Gasteiger partial charge in [0.05, 0.1) is 0 Å². The third-order valence-electron chi connectivity index (χ3n) is 3.97. The lowest BCUT2D eigenvalue weighted by atomic mass is 10.0. The molecule has 1 saturated heterocycles. The zero-order valence-electron chi connectivity index (χ0n) is 12.8. The highest BCUT2D eigenvalue weighted by Crippen LogP contribution is 2.26. The summed E-state index contributed by atoms with van der Waals surface area (Å²) in [4.78, 5) is 4.99. The van der Waals surface area contributed by atoms with Crippen molar-refractivity contribution in [2.45, 2.75) is 39.3 Å². The molecule has 1 atom stereocenters. The van der Waals surface area contributed by atoms with E-state index >= 15 is 0 Å². The van der Waals surface area contributed by atoms with Crippen LogP contribution in [0.1, 0.15) is 26.3 Å². The molecule has 4 heteroatoms. The summed E-state index contributed by atoms with van der Waals surface area (Å²) in [6, 6.07) is 6.98. The summed E-state index contributed by atoms with van der Waals surface area (Å²) in [5, 5.41) is 0.796. The van der Waals surface area contributed by atoms with E-state index in [9.17, 15) is 0 Å². The summed E-state index contributed by atoms with van der Waals surface area (Å²) in [7, 11) is 0. The van der Waals surface area contributed by atoms with Crippen LogP contribution in [0.2, 0.25) is 5.02 Å². The van der Waals surface area contributed by atoms with Crippen molar-refractivity contribution in [3.05, 3.63) is 28.8 Å². The summed E-state index contributed by atoms with van der Waals surface area (Å²) >= 11 is 6.14. The molecule has 0 spiro atoms.